The van der Waals surface area contributed by atoms with E-state index in [-0.39, 0.29) is 23.8 Å². The molecule has 20 heteroatoms. The molecule has 4 aliphatic rings. The molecule has 0 saturated carbocycles. The van der Waals surface area contributed by atoms with Crippen molar-refractivity contribution in [3.63, 3.8) is 0 Å². The van der Waals surface area contributed by atoms with Gasteiger partial charge in [0.05, 0.1) is 0 Å². The van der Waals surface area contributed by atoms with Gasteiger partial charge in [-0.25, -0.2) is 21.7 Å². The van der Waals surface area contributed by atoms with Crippen molar-refractivity contribution in [2.45, 2.75) is 51.4 Å². The number of anilines is 4. The van der Waals surface area contributed by atoms with Gasteiger partial charge < -0.3 is 22.9 Å². The average molecular weight is 501 g/mol. The van der Waals surface area contributed by atoms with E-state index in [0.29, 0.717) is 49.0 Å². The van der Waals surface area contributed by atoms with Gasteiger partial charge in [0.15, 0.2) is 0 Å². The molecule has 0 aromatic carbocycles. The van der Waals surface area contributed by atoms with Crippen molar-refractivity contribution < 1.29 is 0 Å². The maximum Gasteiger partial charge on any atom is 0.282 e. The summed E-state index contributed by atoms with van der Waals surface area (Å²) in [4.78, 5) is 0. The van der Waals surface area contributed by atoms with Gasteiger partial charge in [-0.15, -0.1) is 40.8 Å². The Morgan fingerprint density at radius 3 is 0.750 bits per heavy atom. The molecular weight excluding hydrogens is 472 g/mol. The number of hydrogen-bond donors (Lipinski definition) is 8. The molecular formula is C16H28N20. The fourth-order valence-electron chi connectivity index (χ4n) is 2.57. The number of rotatable bonds is 0. The van der Waals surface area contributed by atoms with Crippen LogP contribution in [0.25, 0.3) is 0 Å². The third-order valence-corrected chi connectivity index (χ3v) is 4.39. The third-order valence-electron chi connectivity index (χ3n) is 4.39. The predicted molar refractivity (Wildman–Crippen MR) is 133 cm³/mol. The number of nitrogens with two attached hydrogens (primary N) is 4. The molecule has 0 spiro atoms. The van der Waals surface area contributed by atoms with Gasteiger partial charge in [0.2, 0.25) is 0 Å². The molecule has 4 bridgehead atoms. The zero-order valence-corrected chi connectivity index (χ0v) is 19.3. The molecule has 0 fully saturated rings. The van der Waals surface area contributed by atoms with Gasteiger partial charge in [-0.2, -0.15) is 20.4 Å². The van der Waals surface area contributed by atoms with Crippen molar-refractivity contribution >= 4 is 47.1 Å². The van der Waals surface area contributed by atoms with E-state index in [1.807, 2.05) is 0 Å². The van der Waals surface area contributed by atoms with E-state index < -0.39 is 0 Å². The van der Waals surface area contributed by atoms with Gasteiger partial charge >= 0.3 is 0 Å². The first-order valence-electron chi connectivity index (χ1n) is 10.9. The van der Waals surface area contributed by atoms with Crippen molar-refractivity contribution in [2.24, 2.45) is 43.3 Å². The number of hydrogen-bond acceptors (Lipinski definition) is 20. The van der Waals surface area contributed by atoms with Crippen LogP contribution in [-0.2, 0) is 0 Å². The SMILES string of the molecule is NC1=NNc2nnc(nn2)NN=C(N)CCCCC(N)=NNc2nnc(nn2)NN=C(N)CCCC1. The van der Waals surface area contributed by atoms with E-state index in [9.17, 15) is 0 Å². The fourth-order valence-corrected chi connectivity index (χ4v) is 2.57. The molecule has 6 heterocycles. The number of hydrazone groups is 4. The molecule has 4 aliphatic heterocycles. The first kappa shape index (κ1) is 25.6. The molecule has 6 rings (SSSR count). The van der Waals surface area contributed by atoms with Gasteiger partial charge in [0.25, 0.3) is 23.8 Å². The molecule has 20 nitrogen and oxygen atoms in total. The van der Waals surface area contributed by atoms with E-state index in [4.69, 9.17) is 22.9 Å². The van der Waals surface area contributed by atoms with Crippen molar-refractivity contribution in [3.8, 4) is 0 Å². The summed E-state index contributed by atoms with van der Waals surface area (Å²) in [7, 11) is 0. The highest BCUT2D eigenvalue weighted by Gasteiger charge is 2.04. The highest BCUT2D eigenvalue weighted by atomic mass is 15.5. The summed E-state index contributed by atoms with van der Waals surface area (Å²) in [5.41, 5.74) is 34.0. The zero-order chi connectivity index (χ0) is 25.6. The standard InChI is InChI=1S/C16H28N20/c17-9-5-1-2-6-10(18)22-26-14-31-35-16(36-32-14)28-24-12(20)8-4-3-7-11(19)23-27-15-33-29-13(25-21-9)30-34-15/h1-8H2,(H2,17,21)(H2,18,22)(H2,19,23)(H2,20,24)(H,25,29,30)(H,26,31,32)(H,27,33,34)(H,28,35,36). The van der Waals surface area contributed by atoms with Gasteiger partial charge in [0.1, 0.15) is 23.3 Å². The second-order valence-corrected chi connectivity index (χ2v) is 7.37. The minimum atomic E-state index is 0.0732. The minimum Gasteiger partial charge on any atom is -0.386 e. The van der Waals surface area contributed by atoms with Crippen molar-refractivity contribution in [1.29, 1.82) is 0 Å². The van der Waals surface area contributed by atoms with Crippen LogP contribution in [0, 0.1) is 0 Å². The lowest BCUT2D eigenvalue weighted by Crippen LogP contribution is -2.18. The van der Waals surface area contributed by atoms with E-state index >= 15 is 0 Å². The number of nitrogens with one attached hydrogen (secondary N) is 4. The average Bonchev–Trinajstić information content (AvgIpc) is 2.89. The molecule has 0 radical (unpaired) electrons. The van der Waals surface area contributed by atoms with Crippen LogP contribution in [0.3, 0.4) is 0 Å². The van der Waals surface area contributed by atoms with Gasteiger partial charge in [0, 0.05) is 25.7 Å². The zero-order valence-electron chi connectivity index (χ0n) is 19.3. The monoisotopic (exact) mass is 500 g/mol. The summed E-state index contributed by atoms with van der Waals surface area (Å²) in [6.07, 6.45) is 4.93. The first-order chi connectivity index (χ1) is 17.5. The van der Waals surface area contributed by atoms with Crippen LogP contribution in [0.2, 0.25) is 0 Å². The molecule has 192 valence electrons. The maximum absolute atomic E-state index is 5.89. The second kappa shape index (κ2) is 13.6. The number of aromatic nitrogens is 8. The first-order valence-corrected chi connectivity index (χ1v) is 10.9. The van der Waals surface area contributed by atoms with E-state index in [0.717, 1.165) is 25.7 Å². The number of nitrogens with zero attached hydrogens (tertiary/aromatic N) is 12. The Labute approximate surface area is 205 Å². The largest absolute Gasteiger partial charge is 0.386 e. The van der Waals surface area contributed by atoms with Crippen LogP contribution in [-0.4, -0.2) is 64.1 Å². The van der Waals surface area contributed by atoms with E-state index in [2.05, 4.69) is 82.9 Å². The van der Waals surface area contributed by atoms with Gasteiger partial charge in [-0.05, 0) is 25.7 Å². The Bertz CT molecular complexity index is 900. The lowest BCUT2D eigenvalue weighted by molar-refractivity contribution is 0.782. The van der Waals surface area contributed by atoms with Gasteiger partial charge in [-0.3, -0.25) is 0 Å². The highest BCUT2D eigenvalue weighted by molar-refractivity contribution is 5.82. The van der Waals surface area contributed by atoms with E-state index in [1.54, 1.807) is 0 Å². The second-order valence-electron chi connectivity index (χ2n) is 7.37. The molecule has 0 atom stereocenters. The summed E-state index contributed by atoms with van der Waals surface area (Å²) in [5, 5.41) is 46.7. The molecule has 2 aromatic heterocycles. The lowest BCUT2D eigenvalue weighted by atomic mass is 10.2. The highest BCUT2D eigenvalue weighted by Crippen LogP contribution is 2.04. The predicted octanol–water partition coefficient (Wildman–Crippen LogP) is -1.58. The van der Waals surface area contributed by atoms with Crippen LogP contribution in [0.15, 0.2) is 20.4 Å². The Morgan fingerprint density at radius 1 is 0.361 bits per heavy atom. The van der Waals surface area contributed by atoms with Crippen molar-refractivity contribution in [1.82, 2.24) is 40.8 Å². The van der Waals surface area contributed by atoms with Crippen molar-refractivity contribution in [2.75, 3.05) is 21.7 Å². The third kappa shape index (κ3) is 9.44. The molecule has 12 N–H and O–H groups in total. The quantitative estimate of drug-likeness (QED) is 0.202. The summed E-state index contributed by atoms with van der Waals surface area (Å²) < 4.78 is 0. The molecule has 36 heavy (non-hydrogen) atoms. The smallest absolute Gasteiger partial charge is 0.282 e. The molecule has 2 aromatic rings. The molecule has 0 aliphatic carbocycles. The Morgan fingerprint density at radius 2 is 0.556 bits per heavy atom. The lowest BCUT2D eigenvalue weighted by Gasteiger charge is -2.05. The molecule has 0 unspecified atom stereocenters. The molecule has 0 saturated heterocycles. The van der Waals surface area contributed by atoms with Crippen LogP contribution in [0.4, 0.5) is 23.8 Å². The normalized spacial score (nSPS) is 16.9. The summed E-state index contributed by atoms with van der Waals surface area (Å²) in [6, 6.07) is 0. The summed E-state index contributed by atoms with van der Waals surface area (Å²) in [5.74, 6) is 1.70. The van der Waals surface area contributed by atoms with Gasteiger partial charge in [-0.1, -0.05) is 0 Å². The maximum atomic E-state index is 5.89. The summed E-state index contributed by atoms with van der Waals surface area (Å²) >= 11 is 0. The van der Waals surface area contributed by atoms with Crippen LogP contribution < -0.4 is 44.6 Å². The van der Waals surface area contributed by atoms with E-state index in [1.165, 1.54) is 0 Å². The van der Waals surface area contributed by atoms with Crippen LogP contribution in [0.1, 0.15) is 51.4 Å². The van der Waals surface area contributed by atoms with Crippen molar-refractivity contribution in [3.05, 3.63) is 0 Å². The Hall–Kier alpha value is -5.04. The Balaban J connectivity index is 1.62. The summed E-state index contributed by atoms with van der Waals surface area (Å²) in [6.45, 7) is 0. The Kier molecular flexibility index (Phi) is 9.67. The fraction of sp³-hybridized carbons (Fsp3) is 0.500. The van der Waals surface area contributed by atoms with Crippen LogP contribution in [0.5, 0.6) is 0 Å². The van der Waals surface area contributed by atoms with Crippen LogP contribution >= 0.6 is 0 Å². The topological polar surface area (TPSA) is 305 Å². The number of amidine groups is 4. The minimum absolute atomic E-state index is 0.0732. The molecule has 0 amide bonds.